The van der Waals surface area contributed by atoms with Crippen LogP contribution in [0.1, 0.15) is 5.82 Å². The topological polar surface area (TPSA) is 63.8 Å². The largest absolute Gasteiger partial charge is 0.308 e. The number of nitrogens with two attached hydrogens (primary N) is 1. The highest BCUT2D eigenvalue weighted by molar-refractivity contribution is 7.98. The first kappa shape index (κ1) is 12.2. The molecule has 0 radical (unpaired) electrons. The van der Waals surface area contributed by atoms with E-state index in [0.717, 1.165) is 15.7 Å². The van der Waals surface area contributed by atoms with Crippen LogP contribution >= 0.6 is 23.4 Å². The number of aromatic nitrogens is 2. The summed E-state index contributed by atoms with van der Waals surface area (Å²) in [5.41, 5.74) is 2.49. The van der Waals surface area contributed by atoms with Gasteiger partial charge in [0.05, 0.1) is 5.75 Å². The number of hydrogen-bond donors (Lipinski definition) is 2. The molecule has 0 aliphatic heterocycles. The van der Waals surface area contributed by atoms with Gasteiger partial charge in [0.2, 0.25) is 0 Å². The highest BCUT2D eigenvalue weighted by Gasteiger charge is 2.00. The zero-order valence-electron chi connectivity index (χ0n) is 8.93. The number of thioether (sulfide) groups is 1. The fourth-order valence-corrected chi connectivity index (χ4v) is 2.33. The molecule has 0 atom stereocenters. The van der Waals surface area contributed by atoms with E-state index in [1.165, 1.54) is 0 Å². The molecule has 0 fully saturated rings. The van der Waals surface area contributed by atoms with Crippen molar-refractivity contribution in [3.05, 3.63) is 47.4 Å². The lowest BCUT2D eigenvalue weighted by molar-refractivity contribution is 1.03. The lowest BCUT2D eigenvalue weighted by Crippen LogP contribution is -2.09. The van der Waals surface area contributed by atoms with Gasteiger partial charge in [-0.05, 0) is 18.2 Å². The summed E-state index contributed by atoms with van der Waals surface area (Å²) < 4.78 is 0. The number of hydrogen-bond acceptors (Lipinski definition) is 5. The molecule has 2 rings (SSSR count). The van der Waals surface area contributed by atoms with E-state index < -0.39 is 0 Å². The van der Waals surface area contributed by atoms with Gasteiger partial charge in [-0.15, -0.1) is 11.8 Å². The lowest BCUT2D eigenvalue weighted by atomic mass is 10.4. The van der Waals surface area contributed by atoms with E-state index in [1.54, 1.807) is 24.0 Å². The molecule has 0 saturated heterocycles. The van der Waals surface area contributed by atoms with E-state index in [-0.39, 0.29) is 0 Å². The van der Waals surface area contributed by atoms with Crippen molar-refractivity contribution in [2.24, 2.45) is 5.84 Å². The molecule has 0 saturated carbocycles. The van der Waals surface area contributed by atoms with Crippen LogP contribution < -0.4 is 11.3 Å². The van der Waals surface area contributed by atoms with Crippen LogP contribution in [0.4, 0.5) is 5.82 Å². The van der Waals surface area contributed by atoms with Crippen LogP contribution in [0.3, 0.4) is 0 Å². The van der Waals surface area contributed by atoms with Crippen molar-refractivity contribution >= 4 is 29.2 Å². The zero-order valence-corrected chi connectivity index (χ0v) is 10.5. The van der Waals surface area contributed by atoms with Crippen molar-refractivity contribution in [1.29, 1.82) is 0 Å². The molecule has 6 heteroatoms. The Morgan fingerprint density at radius 1 is 1.35 bits per heavy atom. The molecular weight excluding hydrogens is 256 g/mol. The predicted octanol–water partition coefficient (Wildman–Crippen LogP) is 2.71. The third-order valence-corrected chi connectivity index (χ3v) is 3.24. The Morgan fingerprint density at radius 3 is 3.00 bits per heavy atom. The Labute approximate surface area is 109 Å². The monoisotopic (exact) mass is 266 g/mol. The number of nitrogens with one attached hydrogen (secondary N) is 1. The molecule has 0 unspecified atom stereocenters. The van der Waals surface area contributed by atoms with Crippen molar-refractivity contribution in [2.45, 2.75) is 10.6 Å². The van der Waals surface area contributed by atoms with Gasteiger partial charge in [0, 0.05) is 22.2 Å². The second-order valence-corrected chi connectivity index (χ2v) is 4.73. The number of nitrogen functional groups attached to an aromatic ring is 1. The molecule has 0 aliphatic carbocycles. The number of anilines is 1. The van der Waals surface area contributed by atoms with Crippen molar-refractivity contribution in [1.82, 2.24) is 9.97 Å². The van der Waals surface area contributed by atoms with Crippen molar-refractivity contribution in [3.8, 4) is 0 Å². The Kier molecular flexibility index (Phi) is 4.19. The molecule has 88 valence electrons. The molecule has 0 bridgehead atoms. The van der Waals surface area contributed by atoms with Gasteiger partial charge >= 0.3 is 0 Å². The van der Waals surface area contributed by atoms with Crippen LogP contribution in [0.5, 0.6) is 0 Å². The van der Waals surface area contributed by atoms with E-state index in [2.05, 4.69) is 15.4 Å². The van der Waals surface area contributed by atoms with Crippen molar-refractivity contribution in [2.75, 3.05) is 5.43 Å². The maximum atomic E-state index is 5.90. The Bertz CT molecular complexity index is 506. The van der Waals surface area contributed by atoms with E-state index in [1.807, 2.05) is 24.3 Å². The highest BCUT2D eigenvalue weighted by Crippen LogP contribution is 2.24. The molecule has 3 N–H and O–H groups in total. The van der Waals surface area contributed by atoms with Crippen LogP contribution in [-0.2, 0) is 5.75 Å². The molecule has 0 spiro atoms. The van der Waals surface area contributed by atoms with Crippen molar-refractivity contribution < 1.29 is 0 Å². The van der Waals surface area contributed by atoms with Crippen LogP contribution in [0, 0.1) is 0 Å². The third kappa shape index (κ3) is 3.59. The minimum atomic E-state index is 0.613. The van der Waals surface area contributed by atoms with Crippen LogP contribution in [0.25, 0.3) is 0 Å². The van der Waals surface area contributed by atoms with Gasteiger partial charge < -0.3 is 5.43 Å². The van der Waals surface area contributed by atoms with Crippen LogP contribution in [0.15, 0.2) is 41.4 Å². The minimum Gasteiger partial charge on any atom is -0.308 e. The van der Waals surface area contributed by atoms with E-state index in [4.69, 9.17) is 17.4 Å². The molecule has 17 heavy (non-hydrogen) atoms. The smallest absolute Gasteiger partial charge is 0.143 e. The van der Waals surface area contributed by atoms with Gasteiger partial charge in [-0.25, -0.2) is 15.8 Å². The summed E-state index contributed by atoms with van der Waals surface area (Å²) in [6.45, 7) is 0. The lowest BCUT2D eigenvalue weighted by Gasteiger charge is -2.03. The maximum Gasteiger partial charge on any atom is 0.143 e. The Balaban J connectivity index is 2.02. The van der Waals surface area contributed by atoms with Gasteiger partial charge in [-0.1, -0.05) is 17.7 Å². The first-order valence-electron chi connectivity index (χ1n) is 4.95. The van der Waals surface area contributed by atoms with Crippen LogP contribution in [0.2, 0.25) is 5.02 Å². The van der Waals surface area contributed by atoms with Gasteiger partial charge in [-0.3, -0.25) is 0 Å². The summed E-state index contributed by atoms with van der Waals surface area (Å²) in [7, 11) is 0. The summed E-state index contributed by atoms with van der Waals surface area (Å²) in [6, 6.07) is 9.40. The second-order valence-electron chi connectivity index (χ2n) is 3.25. The van der Waals surface area contributed by atoms with E-state index in [9.17, 15) is 0 Å². The summed E-state index contributed by atoms with van der Waals surface area (Å²) in [5.74, 6) is 7.30. The normalized spacial score (nSPS) is 10.2. The highest BCUT2D eigenvalue weighted by atomic mass is 35.5. The SMILES string of the molecule is NNc1ccnc(CSc2cccc(Cl)c2)n1. The zero-order chi connectivity index (χ0) is 12.1. The van der Waals surface area contributed by atoms with E-state index >= 15 is 0 Å². The predicted molar refractivity (Wildman–Crippen MR) is 70.9 cm³/mol. The first-order valence-corrected chi connectivity index (χ1v) is 6.31. The third-order valence-electron chi connectivity index (χ3n) is 2.02. The fourth-order valence-electron chi connectivity index (χ4n) is 1.25. The van der Waals surface area contributed by atoms with Crippen LogP contribution in [-0.4, -0.2) is 9.97 Å². The molecule has 1 aromatic heterocycles. The molecule has 4 nitrogen and oxygen atoms in total. The quantitative estimate of drug-likeness (QED) is 0.506. The average Bonchev–Trinajstić information content (AvgIpc) is 2.37. The Hall–Kier alpha value is -1.30. The minimum absolute atomic E-state index is 0.613. The van der Waals surface area contributed by atoms with Gasteiger partial charge in [0.25, 0.3) is 0 Å². The molecule has 0 aliphatic rings. The molecule has 0 amide bonds. The summed E-state index contributed by atoms with van der Waals surface area (Å²) >= 11 is 7.53. The van der Waals surface area contributed by atoms with E-state index in [0.29, 0.717) is 11.6 Å². The number of hydrazine groups is 1. The average molecular weight is 267 g/mol. The maximum absolute atomic E-state index is 5.90. The number of benzene rings is 1. The fraction of sp³-hybridized carbons (Fsp3) is 0.0909. The summed E-state index contributed by atoms with van der Waals surface area (Å²) in [4.78, 5) is 9.48. The van der Waals surface area contributed by atoms with Gasteiger partial charge in [0.1, 0.15) is 11.6 Å². The number of rotatable bonds is 4. The summed E-state index contributed by atoms with van der Waals surface area (Å²) in [5, 5.41) is 0.730. The van der Waals surface area contributed by atoms with Gasteiger partial charge in [0.15, 0.2) is 0 Å². The molecule has 2 aromatic rings. The molecule has 1 heterocycles. The van der Waals surface area contributed by atoms with Gasteiger partial charge in [-0.2, -0.15) is 0 Å². The summed E-state index contributed by atoms with van der Waals surface area (Å²) in [6.07, 6.45) is 1.68. The second kappa shape index (κ2) is 5.86. The molecular formula is C11H11ClN4S. The first-order chi connectivity index (χ1) is 8.28. The number of halogens is 1. The van der Waals surface area contributed by atoms with Crippen molar-refractivity contribution in [3.63, 3.8) is 0 Å². The standard InChI is InChI=1S/C11H11ClN4S/c12-8-2-1-3-9(6-8)17-7-11-14-5-4-10(15-11)16-13/h1-6H,7,13H2,(H,14,15,16). The Morgan fingerprint density at radius 2 is 2.24 bits per heavy atom. The number of nitrogens with zero attached hydrogens (tertiary/aromatic N) is 2. The molecule has 1 aromatic carbocycles.